The second-order valence-electron chi connectivity index (χ2n) is 5.81. The molecule has 1 atom stereocenters. The van der Waals surface area contributed by atoms with Crippen LogP contribution in [0.15, 0.2) is 24.3 Å². The van der Waals surface area contributed by atoms with Gasteiger partial charge in [-0.05, 0) is 37.0 Å². The van der Waals surface area contributed by atoms with Gasteiger partial charge in [-0.2, -0.15) is 18.3 Å². The number of fused-ring (bicyclic) bond motifs is 1. The largest absolute Gasteiger partial charge is 0.435 e. The van der Waals surface area contributed by atoms with Gasteiger partial charge in [-0.25, -0.2) is 0 Å². The summed E-state index contributed by atoms with van der Waals surface area (Å²) in [5, 5.41) is 17.6. The Bertz CT molecular complexity index is 755. The fourth-order valence-corrected chi connectivity index (χ4v) is 2.94. The average molecular weight is 339 g/mol. The van der Waals surface area contributed by atoms with Gasteiger partial charge in [0, 0.05) is 22.9 Å². The Morgan fingerprint density at radius 3 is 2.92 bits per heavy atom. The molecule has 8 heteroatoms. The van der Waals surface area contributed by atoms with Crippen LogP contribution in [0.1, 0.15) is 28.9 Å². The number of aromatic nitrogens is 2. The second kappa shape index (κ2) is 6.27. The fraction of sp³-hybridized carbons (Fsp3) is 0.375. The highest BCUT2D eigenvalue weighted by atomic mass is 19.4. The van der Waals surface area contributed by atoms with E-state index in [9.17, 15) is 18.0 Å². The Hall–Kier alpha value is -2.35. The zero-order valence-electron chi connectivity index (χ0n) is 12.7. The second-order valence-corrected chi connectivity index (χ2v) is 5.81. The van der Waals surface area contributed by atoms with Crippen molar-refractivity contribution in [2.24, 2.45) is 5.92 Å². The van der Waals surface area contributed by atoms with Crippen LogP contribution < -0.4 is 5.32 Å². The van der Waals surface area contributed by atoms with Crippen molar-refractivity contribution in [2.75, 3.05) is 5.32 Å². The van der Waals surface area contributed by atoms with Gasteiger partial charge < -0.3 is 10.4 Å². The number of anilines is 1. The van der Waals surface area contributed by atoms with E-state index in [2.05, 4.69) is 15.5 Å². The molecule has 5 nitrogen and oxygen atoms in total. The van der Waals surface area contributed by atoms with Crippen molar-refractivity contribution in [1.82, 2.24) is 10.2 Å². The number of benzene rings is 1. The summed E-state index contributed by atoms with van der Waals surface area (Å²) < 4.78 is 38.9. The van der Waals surface area contributed by atoms with Gasteiger partial charge in [0.05, 0.1) is 6.61 Å². The molecule has 2 aromatic rings. The highest BCUT2D eigenvalue weighted by molar-refractivity contribution is 5.93. The lowest BCUT2D eigenvalue weighted by atomic mass is 9.85. The lowest BCUT2D eigenvalue weighted by Crippen LogP contribution is -2.29. The molecule has 1 aliphatic carbocycles. The number of rotatable bonds is 3. The first kappa shape index (κ1) is 16.5. The Morgan fingerprint density at radius 2 is 2.21 bits per heavy atom. The van der Waals surface area contributed by atoms with Crippen molar-refractivity contribution >= 4 is 11.6 Å². The highest BCUT2D eigenvalue weighted by Gasteiger charge is 2.40. The highest BCUT2D eigenvalue weighted by Crippen LogP contribution is 2.36. The number of hydrogen-bond donors (Lipinski definition) is 3. The molecule has 1 aromatic carbocycles. The van der Waals surface area contributed by atoms with Crippen LogP contribution in [0.2, 0.25) is 0 Å². The maximum atomic E-state index is 13.0. The monoisotopic (exact) mass is 339 g/mol. The first-order valence-corrected chi connectivity index (χ1v) is 7.52. The predicted molar refractivity (Wildman–Crippen MR) is 80.1 cm³/mol. The number of aromatic amines is 1. The molecule has 1 heterocycles. The first-order chi connectivity index (χ1) is 11.4. The number of carbonyl (C=O) groups excluding carboxylic acids is 1. The molecule has 0 bridgehead atoms. The van der Waals surface area contributed by atoms with E-state index in [-0.39, 0.29) is 24.5 Å². The van der Waals surface area contributed by atoms with E-state index in [1.165, 1.54) is 0 Å². The molecule has 0 radical (unpaired) electrons. The number of nitrogens with one attached hydrogen (secondary N) is 2. The normalized spacial score (nSPS) is 17.4. The van der Waals surface area contributed by atoms with Crippen LogP contribution in [0.25, 0.3) is 0 Å². The minimum absolute atomic E-state index is 0.00615. The summed E-state index contributed by atoms with van der Waals surface area (Å²) in [4.78, 5) is 12.4. The third-order valence-electron chi connectivity index (χ3n) is 4.16. The maximum absolute atomic E-state index is 13.0. The van der Waals surface area contributed by atoms with Crippen molar-refractivity contribution < 1.29 is 23.1 Å². The molecule has 0 aliphatic heterocycles. The standard InChI is InChI=1S/C16H16F3N3O2/c17-16(18,19)14-12-7-10(4-5-13(12)21-22-14)15(24)20-11-3-1-2-9(6-11)8-23/h1-3,6,10,23H,4-5,7-8H2,(H,20,24)(H,21,22)/t10-/m0/s1. The zero-order valence-corrected chi connectivity index (χ0v) is 12.7. The molecule has 128 valence electrons. The number of amides is 1. The van der Waals surface area contributed by atoms with Gasteiger partial charge >= 0.3 is 6.18 Å². The molecular formula is C16H16F3N3O2. The van der Waals surface area contributed by atoms with Gasteiger partial charge in [-0.1, -0.05) is 12.1 Å². The number of alkyl halides is 3. The summed E-state index contributed by atoms with van der Waals surface area (Å²) in [6.45, 7) is -0.152. The molecular weight excluding hydrogens is 323 g/mol. The molecule has 0 unspecified atom stereocenters. The van der Waals surface area contributed by atoms with Crippen molar-refractivity contribution in [1.29, 1.82) is 0 Å². The molecule has 3 rings (SSSR count). The summed E-state index contributed by atoms with van der Waals surface area (Å²) in [6, 6.07) is 6.71. The lowest BCUT2D eigenvalue weighted by Gasteiger charge is -2.22. The van der Waals surface area contributed by atoms with E-state index in [1.54, 1.807) is 24.3 Å². The molecule has 3 N–H and O–H groups in total. The Balaban J connectivity index is 1.75. The third kappa shape index (κ3) is 3.28. The summed E-state index contributed by atoms with van der Waals surface area (Å²) in [5.74, 6) is -0.876. The molecule has 1 aromatic heterocycles. The van der Waals surface area contributed by atoms with Crippen molar-refractivity contribution in [3.63, 3.8) is 0 Å². The zero-order chi connectivity index (χ0) is 17.3. The summed E-state index contributed by atoms with van der Waals surface area (Å²) in [7, 11) is 0. The number of aryl methyl sites for hydroxylation is 1. The van der Waals surface area contributed by atoms with Crippen LogP contribution >= 0.6 is 0 Å². The number of aliphatic hydroxyl groups excluding tert-OH is 1. The summed E-state index contributed by atoms with van der Waals surface area (Å²) in [5.41, 5.74) is 0.762. The average Bonchev–Trinajstić information content (AvgIpc) is 2.98. The fourth-order valence-electron chi connectivity index (χ4n) is 2.94. The van der Waals surface area contributed by atoms with Crippen molar-refractivity contribution in [3.8, 4) is 0 Å². The number of aliphatic hydroxyl groups is 1. The van der Waals surface area contributed by atoms with Gasteiger partial charge in [0.2, 0.25) is 5.91 Å². The molecule has 0 saturated carbocycles. The van der Waals surface area contributed by atoms with Gasteiger partial charge in [0.15, 0.2) is 5.69 Å². The van der Waals surface area contributed by atoms with Crippen LogP contribution in [0.3, 0.4) is 0 Å². The number of H-pyrrole nitrogens is 1. The number of carbonyl (C=O) groups is 1. The van der Waals surface area contributed by atoms with Crippen LogP contribution in [0, 0.1) is 5.92 Å². The topological polar surface area (TPSA) is 78.0 Å². The lowest BCUT2D eigenvalue weighted by molar-refractivity contribution is -0.142. The van der Waals surface area contributed by atoms with E-state index in [0.717, 1.165) is 0 Å². The van der Waals surface area contributed by atoms with E-state index >= 15 is 0 Å². The quantitative estimate of drug-likeness (QED) is 0.804. The Labute approximate surface area is 135 Å². The van der Waals surface area contributed by atoms with Crippen molar-refractivity contribution in [2.45, 2.75) is 32.0 Å². The molecule has 0 saturated heterocycles. The van der Waals surface area contributed by atoms with E-state index in [1.807, 2.05) is 0 Å². The minimum Gasteiger partial charge on any atom is -0.392 e. The van der Waals surface area contributed by atoms with Crippen LogP contribution in [-0.2, 0) is 30.4 Å². The van der Waals surface area contributed by atoms with Gasteiger partial charge in [-0.3, -0.25) is 9.89 Å². The maximum Gasteiger partial charge on any atom is 0.435 e. The molecule has 0 fully saturated rings. The number of nitrogens with zero attached hydrogens (tertiary/aromatic N) is 1. The molecule has 1 aliphatic rings. The Morgan fingerprint density at radius 1 is 1.42 bits per heavy atom. The van der Waals surface area contributed by atoms with Crippen LogP contribution in [0.5, 0.6) is 0 Å². The Kier molecular flexibility index (Phi) is 4.31. The molecule has 1 amide bonds. The smallest absolute Gasteiger partial charge is 0.392 e. The third-order valence-corrected chi connectivity index (χ3v) is 4.16. The van der Waals surface area contributed by atoms with Gasteiger partial charge in [-0.15, -0.1) is 0 Å². The van der Waals surface area contributed by atoms with E-state index in [0.29, 0.717) is 29.8 Å². The van der Waals surface area contributed by atoms with E-state index < -0.39 is 17.8 Å². The SMILES string of the molecule is O=C(Nc1cccc(CO)c1)[C@H]1CCc2[nH]nc(C(F)(F)F)c2C1. The summed E-state index contributed by atoms with van der Waals surface area (Å²) in [6.07, 6.45) is -3.71. The summed E-state index contributed by atoms with van der Waals surface area (Å²) >= 11 is 0. The van der Waals surface area contributed by atoms with E-state index in [4.69, 9.17) is 5.11 Å². The van der Waals surface area contributed by atoms with Gasteiger partial charge in [0.1, 0.15) is 0 Å². The number of hydrogen-bond acceptors (Lipinski definition) is 3. The minimum atomic E-state index is -4.53. The predicted octanol–water partition coefficient (Wildman–Crippen LogP) is 2.66. The number of halogens is 3. The molecule has 0 spiro atoms. The van der Waals surface area contributed by atoms with Gasteiger partial charge in [0.25, 0.3) is 0 Å². The first-order valence-electron chi connectivity index (χ1n) is 7.52. The van der Waals surface area contributed by atoms with Crippen LogP contribution in [0.4, 0.5) is 18.9 Å². The van der Waals surface area contributed by atoms with Crippen LogP contribution in [-0.4, -0.2) is 21.2 Å². The van der Waals surface area contributed by atoms with Crippen molar-refractivity contribution in [3.05, 3.63) is 46.8 Å². The molecule has 24 heavy (non-hydrogen) atoms.